The molecule has 2 heterocycles. The van der Waals surface area contributed by atoms with Crippen LogP contribution in [0.15, 0.2) is 0 Å². The molecule has 0 radical (unpaired) electrons. The first-order valence-corrected chi connectivity index (χ1v) is 20.0. The number of hydrogen-bond acceptors (Lipinski definition) is 2. The lowest BCUT2D eigenvalue weighted by molar-refractivity contribution is -0.0311. The summed E-state index contributed by atoms with van der Waals surface area (Å²) in [4.78, 5) is 6.85. The van der Waals surface area contributed by atoms with Crippen LogP contribution >= 0.6 is 0 Å². The molecule has 7 unspecified atom stereocenters. The van der Waals surface area contributed by atoms with E-state index in [0.717, 1.165) is 60.4 Å². The summed E-state index contributed by atoms with van der Waals surface area (Å²) in [5.41, 5.74) is 0. The molecule has 7 aliphatic rings. The molecule has 7 fully saturated rings. The first-order valence-electron chi connectivity index (χ1n) is 20.0. The monoisotopic (exact) mass is 563 g/mol. The Balaban J connectivity index is 1.31. The second-order valence-corrected chi connectivity index (χ2v) is 16.6. The van der Waals surface area contributed by atoms with Crippen molar-refractivity contribution in [2.24, 2.45) is 0 Å². The maximum atomic E-state index is 3.43. The van der Waals surface area contributed by atoms with Crippen LogP contribution < -0.4 is 0 Å². The fourth-order valence-electron chi connectivity index (χ4n) is 12.9. The Kier molecular flexibility index (Phi) is 10.4. The fraction of sp³-hybridized carbons (Fsp3) is 1.00. The minimum absolute atomic E-state index is 0.908. The van der Waals surface area contributed by atoms with Crippen molar-refractivity contribution in [3.8, 4) is 0 Å². The molecule has 232 valence electrons. The molecule has 0 N–H and O–H groups in total. The van der Waals surface area contributed by atoms with Gasteiger partial charge in [-0.05, 0) is 68.8 Å². The summed E-state index contributed by atoms with van der Waals surface area (Å²) in [7, 11) is 0. The van der Waals surface area contributed by atoms with Crippen LogP contribution in [0, 0.1) is 0 Å². The molecule has 0 aromatic heterocycles. The minimum Gasteiger partial charge on any atom is -0.295 e. The average Bonchev–Trinajstić information content (AvgIpc) is 3.14. The second-order valence-electron chi connectivity index (χ2n) is 16.6. The lowest BCUT2D eigenvalue weighted by atomic mass is 9.19. The molecule has 0 amide bonds. The van der Waals surface area contributed by atoms with E-state index in [1.54, 1.807) is 51.4 Å². The molecule has 0 spiro atoms. The molecule has 3 heteroatoms. The molecule has 0 aromatic carbocycles. The summed E-state index contributed by atoms with van der Waals surface area (Å²) in [6.45, 7) is 1.06. The molecule has 7 rings (SSSR count). The number of hydrogen-bond donors (Lipinski definition) is 0. The van der Waals surface area contributed by atoms with Crippen LogP contribution in [0.5, 0.6) is 0 Å². The normalized spacial score (nSPS) is 41.6. The highest BCUT2D eigenvalue weighted by Gasteiger charge is 2.62. The van der Waals surface area contributed by atoms with Gasteiger partial charge in [-0.3, -0.25) is 9.80 Å². The predicted octanol–water partition coefficient (Wildman–Crippen LogP) is 10.8. The first-order chi connectivity index (χ1) is 20.4. The van der Waals surface area contributed by atoms with Gasteiger partial charge in [0.05, 0.1) is 0 Å². The van der Waals surface area contributed by atoms with E-state index < -0.39 is 0 Å². The molecular weight excluding hydrogens is 495 g/mol. The van der Waals surface area contributed by atoms with E-state index in [2.05, 4.69) is 9.80 Å². The van der Waals surface area contributed by atoms with E-state index >= 15 is 0 Å². The quantitative estimate of drug-likeness (QED) is 0.309. The van der Waals surface area contributed by atoms with Crippen molar-refractivity contribution >= 4 is 6.71 Å². The van der Waals surface area contributed by atoms with Gasteiger partial charge in [0.2, 0.25) is 0 Å². The fourth-order valence-corrected chi connectivity index (χ4v) is 12.9. The Morgan fingerprint density at radius 2 is 0.585 bits per heavy atom. The number of nitrogens with zero attached hydrogens (tertiary/aromatic N) is 2. The Morgan fingerprint density at radius 1 is 0.293 bits per heavy atom. The van der Waals surface area contributed by atoms with Crippen LogP contribution in [0.2, 0.25) is 17.5 Å². The van der Waals surface area contributed by atoms with Crippen molar-refractivity contribution in [1.29, 1.82) is 0 Å². The molecule has 5 saturated carbocycles. The molecule has 0 aromatic rings. The molecule has 5 aliphatic carbocycles. The molecule has 0 bridgehead atoms. The van der Waals surface area contributed by atoms with Gasteiger partial charge < -0.3 is 0 Å². The van der Waals surface area contributed by atoms with Gasteiger partial charge in [-0.15, -0.1) is 0 Å². The zero-order valence-corrected chi connectivity index (χ0v) is 27.2. The Bertz CT molecular complexity index is 785. The third kappa shape index (κ3) is 6.26. The van der Waals surface area contributed by atoms with Crippen LogP contribution in [0.1, 0.15) is 186 Å². The summed E-state index contributed by atoms with van der Waals surface area (Å²) < 4.78 is 0. The Hall–Kier alpha value is -0.0151. The van der Waals surface area contributed by atoms with Crippen molar-refractivity contribution in [2.45, 2.75) is 240 Å². The zero-order chi connectivity index (χ0) is 27.4. The van der Waals surface area contributed by atoms with Gasteiger partial charge in [0.15, 0.2) is 6.71 Å². The summed E-state index contributed by atoms with van der Waals surface area (Å²) in [5.74, 6) is 3.05. The average molecular weight is 563 g/mol. The van der Waals surface area contributed by atoms with E-state index in [1.165, 1.54) is 135 Å². The summed E-state index contributed by atoms with van der Waals surface area (Å²) in [6.07, 6.45) is 44.4. The van der Waals surface area contributed by atoms with Gasteiger partial charge in [-0.1, -0.05) is 135 Å². The van der Waals surface area contributed by atoms with Crippen LogP contribution in [-0.4, -0.2) is 52.8 Å². The largest absolute Gasteiger partial charge is 0.295 e. The molecule has 2 aliphatic heterocycles. The van der Waals surface area contributed by atoms with Gasteiger partial charge in [0.1, 0.15) is 0 Å². The lowest BCUT2D eigenvalue weighted by Crippen LogP contribution is -2.72. The second kappa shape index (κ2) is 14.4. The van der Waals surface area contributed by atoms with Gasteiger partial charge in [0, 0.05) is 36.3 Å². The van der Waals surface area contributed by atoms with Gasteiger partial charge in [-0.25, -0.2) is 0 Å². The third-order valence-corrected chi connectivity index (χ3v) is 14.4. The van der Waals surface area contributed by atoms with Crippen LogP contribution in [0.4, 0.5) is 0 Å². The highest BCUT2D eigenvalue weighted by atomic mass is 15.3. The third-order valence-electron chi connectivity index (χ3n) is 14.4. The Labute approximate surface area is 256 Å². The van der Waals surface area contributed by atoms with E-state index in [9.17, 15) is 0 Å². The number of fused-ring (bicyclic) bond motifs is 4. The van der Waals surface area contributed by atoms with Crippen molar-refractivity contribution in [3.63, 3.8) is 0 Å². The molecular formula is C38H67BN2. The molecule has 2 nitrogen and oxygen atoms in total. The van der Waals surface area contributed by atoms with Crippen LogP contribution in [0.25, 0.3) is 0 Å². The van der Waals surface area contributed by atoms with Crippen LogP contribution in [0.3, 0.4) is 0 Å². The summed E-state index contributed by atoms with van der Waals surface area (Å²) in [5, 5.41) is 0. The van der Waals surface area contributed by atoms with Crippen LogP contribution in [-0.2, 0) is 0 Å². The topological polar surface area (TPSA) is 6.48 Å². The highest BCUT2D eigenvalue weighted by Crippen LogP contribution is 2.60. The van der Waals surface area contributed by atoms with E-state index in [-0.39, 0.29) is 0 Å². The first kappa shape index (κ1) is 29.7. The summed E-state index contributed by atoms with van der Waals surface area (Å²) >= 11 is 0. The molecule has 7 atom stereocenters. The van der Waals surface area contributed by atoms with Crippen molar-refractivity contribution < 1.29 is 0 Å². The van der Waals surface area contributed by atoms with E-state index in [1.807, 2.05) is 0 Å². The number of rotatable bonds is 2. The molecule has 41 heavy (non-hydrogen) atoms. The zero-order valence-electron chi connectivity index (χ0n) is 27.2. The van der Waals surface area contributed by atoms with Gasteiger partial charge in [0.25, 0.3) is 0 Å². The van der Waals surface area contributed by atoms with Crippen molar-refractivity contribution in [3.05, 3.63) is 0 Å². The summed E-state index contributed by atoms with van der Waals surface area (Å²) in [6, 6.07) is 5.52. The standard InChI is InChI=1S/C38H67BN2/c1-3-10-20-30(21-11-4-1)40-34-26-17-9-14-24-32(34)39-33-25-18-19-27-35(33)41(31-22-12-5-2-6-13-23-31)37-29-16-8-7-15-28-36(40)38(37)39/h30-38H,1-29H2. The van der Waals surface area contributed by atoms with Gasteiger partial charge >= 0.3 is 0 Å². The maximum absolute atomic E-state index is 3.43. The smallest absolute Gasteiger partial charge is 0.156 e. The SMILES string of the molecule is C1CCCC(N2C3CCCCCC3B3C4CCCCC4N(C4CCCCCCC4)C4CCCCCCC2C34)CCC1. The van der Waals surface area contributed by atoms with E-state index in [4.69, 9.17) is 0 Å². The minimum atomic E-state index is 0.908. The lowest BCUT2D eigenvalue weighted by Gasteiger charge is -2.66. The maximum Gasteiger partial charge on any atom is 0.156 e. The van der Waals surface area contributed by atoms with Gasteiger partial charge in [-0.2, -0.15) is 0 Å². The van der Waals surface area contributed by atoms with Crippen molar-refractivity contribution in [1.82, 2.24) is 9.80 Å². The molecule has 2 saturated heterocycles. The Morgan fingerprint density at radius 3 is 1.05 bits per heavy atom. The highest BCUT2D eigenvalue weighted by molar-refractivity contribution is 6.65. The van der Waals surface area contributed by atoms with E-state index in [0.29, 0.717) is 0 Å². The van der Waals surface area contributed by atoms with Crippen molar-refractivity contribution in [2.75, 3.05) is 0 Å². The predicted molar refractivity (Wildman–Crippen MR) is 177 cm³/mol.